The van der Waals surface area contributed by atoms with Crippen LogP contribution in [-0.2, 0) is 23.9 Å². The molecule has 0 aromatic heterocycles. The summed E-state index contributed by atoms with van der Waals surface area (Å²) in [6.45, 7) is 3.75. The molecule has 102 valence electrons. The minimum absolute atomic E-state index is 0.0633. The van der Waals surface area contributed by atoms with E-state index in [0.29, 0.717) is 12.8 Å². The number of rotatable bonds is 5. The largest absolute Gasteiger partial charge is 0.469 e. The number of methoxy groups -OCH3 is 1. The van der Waals surface area contributed by atoms with Gasteiger partial charge in [-0.25, -0.2) is 0 Å². The van der Waals surface area contributed by atoms with Crippen LogP contribution in [0.2, 0.25) is 0 Å². The number of carbonyl (C=O) groups is 3. The van der Waals surface area contributed by atoms with Crippen molar-refractivity contribution in [2.45, 2.75) is 39.5 Å². The molecule has 2 unspecified atom stereocenters. The molecule has 5 nitrogen and oxygen atoms in total. The Balaban J connectivity index is 2.85. The van der Waals surface area contributed by atoms with Crippen molar-refractivity contribution in [1.82, 2.24) is 0 Å². The van der Waals surface area contributed by atoms with Gasteiger partial charge in [-0.2, -0.15) is 0 Å². The summed E-state index contributed by atoms with van der Waals surface area (Å²) >= 11 is 0. The van der Waals surface area contributed by atoms with Crippen LogP contribution in [0.4, 0.5) is 0 Å². The second-order valence-electron chi connectivity index (χ2n) is 4.68. The SMILES string of the molecule is CCOC(=O)C1(CCC(=O)OC)CCC(C)C1=O. The smallest absolute Gasteiger partial charge is 0.319 e. The molecule has 1 fully saturated rings. The van der Waals surface area contributed by atoms with Gasteiger partial charge in [-0.15, -0.1) is 0 Å². The van der Waals surface area contributed by atoms with Gasteiger partial charge in [0.2, 0.25) is 0 Å². The Hall–Kier alpha value is -1.39. The summed E-state index contributed by atoms with van der Waals surface area (Å²) in [4.78, 5) is 35.4. The number of hydrogen-bond acceptors (Lipinski definition) is 5. The fourth-order valence-electron chi connectivity index (χ4n) is 2.43. The first-order chi connectivity index (χ1) is 8.47. The minimum atomic E-state index is -1.14. The molecular formula is C13H20O5. The van der Waals surface area contributed by atoms with Crippen LogP contribution < -0.4 is 0 Å². The Morgan fingerprint density at radius 1 is 1.44 bits per heavy atom. The van der Waals surface area contributed by atoms with Crippen molar-refractivity contribution in [2.24, 2.45) is 11.3 Å². The highest BCUT2D eigenvalue weighted by Crippen LogP contribution is 2.43. The number of ether oxygens (including phenoxy) is 2. The Labute approximate surface area is 107 Å². The van der Waals surface area contributed by atoms with Crippen LogP contribution in [0.5, 0.6) is 0 Å². The van der Waals surface area contributed by atoms with E-state index in [1.165, 1.54) is 7.11 Å². The van der Waals surface area contributed by atoms with Crippen LogP contribution in [0.1, 0.15) is 39.5 Å². The molecule has 1 aliphatic rings. The number of hydrogen-bond donors (Lipinski definition) is 0. The van der Waals surface area contributed by atoms with Crippen molar-refractivity contribution in [3.63, 3.8) is 0 Å². The van der Waals surface area contributed by atoms with Gasteiger partial charge in [0.1, 0.15) is 5.41 Å². The van der Waals surface area contributed by atoms with Crippen molar-refractivity contribution in [3.8, 4) is 0 Å². The molecule has 18 heavy (non-hydrogen) atoms. The molecule has 0 N–H and O–H groups in total. The van der Waals surface area contributed by atoms with Gasteiger partial charge >= 0.3 is 11.9 Å². The molecular weight excluding hydrogens is 236 g/mol. The van der Waals surface area contributed by atoms with Crippen LogP contribution in [0.25, 0.3) is 0 Å². The van der Waals surface area contributed by atoms with Crippen molar-refractivity contribution < 1.29 is 23.9 Å². The van der Waals surface area contributed by atoms with E-state index in [4.69, 9.17) is 4.74 Å². The van der Waals surface area contributed by atoms with Crippen LogP contribution >= 0.6 is 0 Å². The zero-order valence-electron chi connectivity index (χ0n) is 11.2. The number of Topliss-reactive ketones (excluding diaryl/α,β-unsaturated/α-hetero) is 1. The predicted octanol–water partition coefficient (Wildman–Crippen LogP) is 1.49. The molecule has 0 amide bonds. The Kier molecular flexibility index (Phi) is 4.87. The summed E-state index contributed by atoms with van der Waals surface area (Å²) in [5, 5.41) is 0. The number of carbonyl (C=O) groups excluding carboxylic acids is 3. The molecule has 1 rings (SSSR count). The molecule has 5 heteroatoms. The lowest BCUT2D eigenvalue weighted by Crippen LogP contribution is -2.39. The molecule has 0 aromatic rings. The van der Waals surface area contributed by atoms with Crippen LogP contribution in [-0.4, -0.2) is 31.4 Å². The van der Waals surface area contributed by atoms with Crippen LogP contribution in [0, 0.1) is 11.3 Å². The van der Waals surface area contributed by atoms with Crippen molar-refractivity contribution in [2.75, 3.05) is 13.7 Å². The average molecular weight is 256 g/mol. The Morgan fingerprint density at radius 2 is 2.11 bits per heavy atom. The monoisotopic (exact) mass is 256 g/mol. The summed E-state index contributed by atoms with van der Waals surface area (Å²) in [5.74, 6) is -1.16. The third kappa shape index (κ3) is 2.71. The number of ketones is 1. The minimum Gasteiger partial charge on any atom is -0.469 e. The van der Waals surface area contributed by atoms with Gasteiger partial charge in [0.15, 0.2) is 5.78 Å². The maximum atomic E-state index is 12.2. The maximum absolute atomic E-state index is 12.2. The van der Waals surface area contributed by atoms with Gasteiger partial charge in [0.05, 0.1) is 13.7 Å². The van der Waals surface area contributed by atoms with E-state index in [1.807, 2.05) is 0 Å². The second-order valence-corrected chi connectivity index (χ2v) is 4.68. The normalized spacial score (nSPS) is 27.1. The first kappa shape index (κ1) is 14.7. The fraction of sp³-hybridized carbons (Fsp3) is 0.769. The molecule has 0 heterocycles. The molecule has 0 aliphatic heterocycles. The van der Waals surface area contributed by atoms with Gasteiger partial charge in [-0.1, -0.05) is 6.92 Å². The van der Waals surface area contributed by atoms with Crippen LogP contribution in [0.3, 0.4) is 0 Å². The Bertz CT molecular complexity index is 349. The van der Waals surface area contributed by atoms with Gasteiger partial charge in [-0.3, -0.25) is 14.4 Å². The first-order valence-corrected chi connectivity index (χ1v) is 6.26. The quantitative estimate of drug-likeness (QED) is 0.550. The second kappa shape index (κ2) is 5.98. The van der Waals surface area contributed by atoms with Gasteiger partial charge < -0.3 is 9.47 Å². The van der Waals surface area contributed by atoms with Gasteiger partial charge in [0, 0.05) is 12.3 Å². The average Bonchev–Trinajstić information content (AvgIpc) is 2.65. The molecule has 0 aromatic carbocycles. The van der Waals surface area contributed by atoms with E-state index in [1.54, 1.807) is 13.8 Å². The van der Waals surface area contributed by atoms with Gasteiger partial charge in [-0.05, 0) is 26.2 Å². The Morgan fingerprint density at radius 3 is 2.56 bits per heavy atom. The highest BCUT2D eigenvalue weighted by atomic mass is 16.5. The first-order valence-electron chi connectivity index (χ1n) is 6.26. The molecule has 0 spiro atoms. The molecule has 1 aliphatic carbocycles. The summed E-state index contributed by atoms with van der Waals surface area (Å²) in [6.07, 6.45) is 1.37. The topological polar surface area (TPSA) is 69.7 Å². The fourth-order valence-corrected chi connectivity index (χ4v) is 2.43. The van der Waals surface area contributed by atoms with Crippen molar-refractivity contribution in [1.29, 1.82) is 0 Å². The number of esters is 2. The summed E-state index contributed by atoms with van der Waals surface area (Å²) < 4.78 is 9.56. The van der Waals surface area contributed by atoms with E-state index in [-0.39, 0.29) is 31.1 Å². The predicted molar refractivity (Wildman–Crippen MR) is 63.7 cm³/mol. The van der Waals surface area contributed by atoms with Crippen LogP contribution in [0.15, 0.2) is 0 Å². The third-order valence-electron chi connectivity index (χ3n) is 3.57. The van der Waals surface area contributed by atoms with Gasteiger partial charge in [0.25, 0.3) is 0 Å². The zero-order valence-corrected chi connectivity index (χ0v) is 11.2. The van der Waals surface area contributed by atoms with E-state index >= 15 is 0 Å². The molecule has 0 bridgehead atoms. The summed E-state index contributed by atoms with van der Waals surface area (Å²) in [6, 6.07) is 0. The van der Waals surface area contributed by atoms with E-state index in [9.17, 15) is 14.4 Å². The standard InChI is InChI=1S/C13H20O5/c1-4-18-12(16)13(8-6-10(14)17-3)7-5-9(2)11(13)15/h9H,4-8H2,1-3H3. The lowest BCUT2D eigenvalue weighted by Gasteiger charge is -2.24. The molecule has 0 radical (unpaired) electrons. The lowest BCUT2D eigenvalue weighted by atomic mass is 9.79. The lowest BCUT2D eigenvalue weighted by molar-refractivity contribution is -0.160. The highest BCUT2D eigenvalue weighted by molar-refractivity contribution is 6.06. The molecule has 0 saturated heterocycles. The van der Waals surface area contributed by atoms with E-state index in [0.717, 1.165) is 0 Å². The molecule has 2 atom stereocenters. The summed E-state index contributed by atoms with van der Waals surface area (Å²) in [7, 11) is 1.29. The third-order valence-corrected chi connectivity index (χ3v) is 3.57. The highest BCUT2D eigenvalue weighted by Gasteiger charge is 2.52. The zero-order chi connectivity index (χ0) is 13.8. The maximum Gasteiger partial charge on any atom is 0.319 e. The molecule has 1 saturated carbocycles. The summed E-state index contributed by atoms with van der Waals surface area (Å²) in [5.41, 5.74) is -1.14. The van der Waals surface area contributed by atoms with E-state index < -0.39 is 17.4 Å². The van der Waals surface area contributed by atoms with E-state index in [2.05, 4.69) is 4.74 Å². The van der Waals surface area contributed by atoms with Crippen molar-refractivity contribution >= 4 is 17.7 Å². The van der Waals surface area contributed by atoms with Crippen molar-refractivity contribution in [3.05, 3.63) is 0 Å².